The zero-order valence-corrected chi connectivity index (χ0v) is 7.79. The number of hydrogen-bond acceptors (Lipinski definition) is 4. The molecule has 0 fully saturated rings. The summed E-state index contributed by atoms with van der Waals surface area (Å²) in [5, 5.41) is 8.19. The first-order valence-corrected chi connectivity index (χ1v) is 3.43. The molecule has 0 heterocycles. The van der Waals surface area contributed by atoms with Crippen LogP contribution in [0.15, 0.2) is 12.2 Å². The minimum absolute atomic E-state index is 0.0473. The molecule has 0 rings (SSSR count). The van der Waals surface area contributed by atoms with Crippen molar-refractivity contribution in [3.63, 3.8) is 0 Å². The highest BCUT2D eigenvalue weighted by Crippen LogP contribution is 1.89. The standard InChI is InChI=1S/C6H10O3.C2H6O/c1-5(2)6(8)9-4-3-7;1-3-2/h7H,1,3-4H2,2H3;1-2H3. The highest BCUT2D eigenvalue weighted by Gasteiger charge is 1.99. The van der Waals surface area contributed by atoms with Crippen LogP contribution in [0.3, 0.4) is 0 Å². The summed E-state index contributed by atoms with van der Waals surface area (Å²) in [6.07, 6.45) is 0. The van der Waals surface area contributed by atoms with Gasteiger partial charge in [0, 0.05) is 19.8 Å². The Labute approximate surface area is 72.8 Å². The topological polar surface area (TPSA) is 55.8 Å². The zero-order valence-electron chi connectivity index (χ0n) is 7.79. The van der Waals surface area contributed by atoms with E-state index in [9.17, 15) is 4.79 Å². The van der Waals surface area contributed by atoms with Crippen LogP contribution in [0.4, 0.5) is 0 Å². The summed E-state index contributed by atoms with van der Waals surface area (Å²) >= 11 is 0. The largest absolute Gasteiger partial charge is 0.460 e. The van der Waals surface area contributed by atoms with Gasteiger partial charge in [0.15, 0.2) is 0 Å². The Morgan fingerprint density at radius 2 is 1.92 bits per heavy atom. The van der Waals surface area contributed by atoms with Crippen LogP contribution in [0.2, 0.25) is 0 Å². The van der Waals surface area contributed by atoms with Crippen molar-refractivity contribution in [1.82, 2.24) is 0 Å². The molecule has 4 nitrogen and oxygen atoms in total. The number of rotatable bonds is 3. The molecule has 0 aliphatic rings. The lowest BCUT2D eigenvalue weighted by Gasteiger charge is -1.99. The van der Waals surface area contributed by atoms with Crippen LogP contribution in [0, 0.1) is 0 Å². The molecule has 72 valence electrons. The van der Waals surface area contributed by atoms with Crippen LogP contribution in [-0.2, 0) is 14.3 Å². The summed E-state index contributed by atoms with van der Waals surface area (Å²) in [6.45, 7) is 4.81. The maximum absolute atomic E-state index is 10.5. The van der Waals surface area contributed by atoms with E-state index in [-0.39, 0.29) is 13.2 Å². The summed E-state index contributed by atoms with van der Waals surface area (Å²) in [4.78, 5) is 10.5. The van der Waals surface area contributed by atoms with Gasteiger partial charge in [-0.05, 0) is 6.92 Å². The molecule has 0 radical (unpaired) electrons. The predicted octanol–water partition coefficient (Wildman–Crippen LogP) is 0.361. The minimum Gasteiger partial charge on any atom is -0.460 e. The SMILES string of the molecule is C=C(C)C(=O)OCCO.COC. The van der Waals surface area contributed by atoms with E-state index < -0.39 is 5.97 Å². The fourth-order valence-corrected chi connectivity index (χ4v) is 0.262. The fourth-order valence-electron chi connectivity index (χ4n) is 0.262. The molecule has 0 spiro atoms. The van der Waals surface area contributed by atoms with Gasteiger partial charge >= 0.3 is 5.97 Å². The van der Waals surface area contributed by atoms with Crippen LogP contribution in [0.25, 0.3) is 0 Å². The van der Waals surface area contributed by atoms with E-state index in [1.54, 1.807) is 21.1 Å². The highest BCUT2D eigenvalue weighted by molar-refractivity contribution is 5.86. The molecule has 0 bridgehead atoms. The van der Waals surface area contributed by atoms with Gasteiger partial charge in [0.25, 0.3) is 0 Å². The predicted molar refractivity (Wildman–Crippen MR) is 45.8 cm³/mol. The molecule has 0 aliphatic heterocycles. The average molecular weight is 176 g/mol. The third-order valence-corrected chi connectivity index (χ3v) is 0.673. The van der Waals surface area contributed by atoms with E-state index in [4.69, 9.17) is 5.11 Å². The normalized spacial score (nSPS) is 8.00. The average Bonchev–Trinajstić information content (AvgIpc) is 2.01. The Bertz CT molecular complexity index is 131. The highest BCUT2D eigenvalue weighted by atomic mass is 16.5. The molecule has 0 aromatic rings. The van der Waals surface area contributed by atoms with Gasteiger partial charge in [0.2, 0.25) is 0 Å². The number of esters is 1. The number of carbonyl (C=O) groups is 1. The van der Waals surface area contributed by atoms with Crippen molar-refractivity contribution in [3.8, 4) is 0 Å². The fraction of sp³-hybridized carbons (Fsp3) is 0.625. The lowest BCUT2D eigenvalue weighted by molar-refractivity contribution is -0.139. The van der Waals surface area contributed by atoms with E-state index in [0.717, 1.165) is 0 Å². The van der Waals surface area contributed by atoms with Gasteiger partial charge in [0.1, 0.15) is 6.61 Å². The first-order valence-electron chi connectivity index (χ1n) is 3.43. The Morgan fingerprint density at radius 1 is 1.50 bits per heavy atom. The van der Waals surface area contributed by atoms with Crippen LogP contribution in [0.1, 0.15) is 6.92 Å². The number of carbonyl (C=O) groups excluding carboxylic acids is 1. The summed E-state index contributed by atoms with van der Waals surface area (Å²) in [5.74, 6) is -0.455. The number of aliphatic hydroxyl groups excluding tert-OH is 1. The number of aliphatic hydroxyl groups is 1. The smallest absolute Gasteiger partial charge is 0.333 e. The van der Waals surface area contributed by atoms with Crippen LogP contribution >= 0.6 is 0 Å². The van der Waals surface area contributed by atoms with E-state index in [0.29, 0.717) is 5.57 Å². The van der Waals surface area contributed by atoms with E-state index in [1.165, 1.54) is 0 Å². The number of ether oxygens (including phenoxy) is 2. The molecular weight excluding hydrogens is 160 g/mol. The van der Waals surface area contributed by atoms with Crippen LogP contribution in [0.5, 0.6) is 0 Å². The number of methoxy groups -OCH3 is 1. The number of hydrogen-bond donors (Lipinski definition) is 1. The second-order valence-corrected chi connectivity index (χ2v) is 2.05. The zero-order chi connectivity index (χ0) is 9.98. The van der Waals surface area contributed by atoms with Gasteiger partial charge in [-0.15, -0.1) is 0 Å². The van der Waals surface area contributed by atoms with Gasteiger partial charge in [-0.2, -0.15) is 0 Å². The maximum atomic E-state index is 10.5. The van der Waals surface area contributed by atoms with Crippen molar-refractivity contribution < 1.29 is 19.4 Å². The Balaban J connectivity index is 0. The van der Waals surface area contributed by atoms with Gasteiger partial charge in [-0.1, -0.05) is 6.58 Å². The molecule has 0 unspecified atom stereocenters. The molecule has 0 aromatic carbocycles. The van der Waals surface area contributed by atoms with Crippen LogP contribution in [-0.4, -0.2) is 38.5 Å². The van der Waals surface area contributed by atoms with Crippen molar-refractivity contribution in [2.75, 3.05) is 27.4 Å². The van der Waals surface area contributed by atoms with Crippen molar-refractivity contribution in [3.05, 3.63) is 12.2 Å². The Hall–Kier alpha value is -0.870. The third-order valence-electron chi connectivity index (χ3n) is 0.673. The van der Waals surface area contributed by atoms with E-state index >= 15 is 0 Å². The summed E-state index contributed by atoms with van der Waals surface area (Å²) in [7, 11) is 3.25. The molecule has 4 heteroatoms. The third kappa shape index (κ3) is 11.9. The van der Waals surface area contributed by atoms with Crippen molar-refractivity contribution in [1.29, 1.82) is 0 Å². The first kappa shape index (κ1) is 13.7. The van der Waals surface area contributed by atoms with E-state index in [2.05, 4.69) is 16.1 Å². The monoisotopic (exact) mass is 176 g/mol. The molecule has 0 saturated heterocycles. The Kier molecular flexibility index (Phi) is 11.6. The van der Waals surface area contributed by atoms with Crippen molar-refractivity contribution in [2.45, 2.75) is 6.92 Å². The Morgan fingerprint density at radius 3 is 2.17 bits per heavy atom. The lowest BCUT2D eigenvalue weighted by Crippen LogP contribution is -2.08. The quantitative estimate of drug-likeness (QED) is 0.498. The molecule has 0 amide bonds. The molecule has 0 aliphatic carbocycles. The molecular formula is C8H16O4. The molecule has 12 heavy (non-hydrogen) atoms. The molecule has 1 N–H and O–H groups in total. The molecule has 0 saturated carbocycles. The van der Waals surface area contributed by atoms with Gasteiger partial charge in [-0.3, -0.25) is 0 Å². The minimum atomic E-state index is -0.455. The summed E-state index contributed by atoms with van der Waals surface area (Å²) in [6, 6.07) is 0. The van der Waals surface area contributed by atoms with E-state index in [1.807, 2.05) is 0 Å². The second-order valence-electron chi connectivity index (χ2n) is 2.05. The molecule has 0 atom stereocenters. The second kappa shape index (κ2) is 10.1. The van der Waals surface area contributed by atoms with Gasteiger partial charge < -0.3 is 14.6 Å². The van der Waals surface area contributed by atoms with Gasteiger partial charge in [0.05, 0.1) is 6.61 Å². The lowest BCUT2D eigenvalue weighted by atomic mass is 10.4. The molecule has 0 aromatic heterocycles. The van der Waals surface area contributed by atoms with Gasteiger partial charge in [-0.25, -0.2) is 4.79 Å². The summed E-state index contributed by atoms with van der Waals surface area (Å²) in [5.41, 5.74) is 0.350. The maximum Gasteiger partial charge on any atom is 0.333 e. The van der Waals surface area contributed by atoms with Crippen LogP contribution < -0.4 is 0 Å². The summed E-state index contributed by atoms with van der Waals surface area (Å²) < 4.78 is 8.71. The van der Waals surface area contributed by atoms with Crippen molar-refractivity contribution in [2.24, 2.45) is 0 Å². The van der Waals surface area contributed by atoms with Crippen molar-refractivity contribution >= 4 is 5.97 Å². The first-order chi connectivity index (χ1) is 5.59.